The zero-order valence-electron chi connectivity index (χ0n) is 22.6. The number of carbonyl (C=O) groups is 2. The highest BCUT2D eigenvalue weighted by atomic mass is 35.5. The van der Waals surface area contributed by atoms with Gasteiger partial charge in [-0.2, -0.15) is 10.1 Å². The van der Waals surface area contributed by atoms with Crippen LogP contribution >= 0.6 is 11.6 Å². The van der Waals surface area contributed by atoms with E-state index >= 15 is 0 Å². The lowest BCUT2D eigenvalue weighted by atomic mass is 10.2. The molecule has 3 heterocycles. The molecule has 12 heteroatoms. The molecular formula is C28H29ClN8O3. The number of nitrogens with zero attached hydrogens (tertiary/aromatic N) is 6. The SMILES string of the molecule is Cn1cc(Nc2ncc3c(n2)N(c2cccc(NC(=O)OC(C)(C)C)c2)C(=O)N(c2ccccc2)CC3)c(Cl)n1. The molecule has 2 aromatic carbocycles. The van der Waals surface area contributed by atoms with E-state index in [1.165, 1.54) is 4.90 Å². The third kappa shape index (κ3) is 5.99. The molecule has 4 aromatic rings. The van der Waals surface area contributed by atoms with E-state index in [9.17, 15) is 9.59 Å². The number of hydrogen-bond donors (Lipinski definition) is 2. The minimum atomic E-state index is -0.658. The van der Waals surface area contributed by atoms with E-state index < -0.39 is 11.7 Å². The molecule has 0 bridgehead atoms. The van der Waals surface area contributed by atoms with Crippen LogP contribution in [0.1, 0.15) is 26.3 Å². The van der Waals surface area contributed by atoms with E-state index in [0.29, 0.717) is 35.8 Å². The van der Waals surface area contributed by atoms with E-state index in [0.717, 1.165) is 11.3 Å². The molecule has 0 aliphatic carbocycles. The van der Waals surface area contributed by atoms with Gasteiger partial charge >= 0.3 is 12.1 Å². The van der Waals surface area contributed by atoms with Gasteiger partial charge in [0.1, 0.15) is 11.4 Å². The molecule has 3 amide bonds. The van der Waals surface area contributed by atoms with Gasteiger partial charge in [-0.05, 0) is 57.5 Å². The summed E-state index contributed by atoms with van der Waals surface area (Å²) in [5, 5.41) is 10.2. The molecule has 1 aliphatic heterocycles. The molecular weight excluding hydrogens is 532 g/mol. The second-order valence-electron chi connectivity index (χ2n) is 10.2. The van der Waals surface area contributed by atoms with Crippen molar-refractivity contribution in [3.8, 4) is 0 Å². The Hall–Kier alpha value is -4.64. The van der Waals surface area contributed by atoms with Crippen molar-refractivity contribution in [2.45, 2.75) is 32.8 Å². The fourth-order valence-corrected chi connectivity index (χ4v) is 4.47. The van der Waals surface area contributed by atoms with Gasteiger partial charge in [0.05, 0.1) is 11.4 Å². The van der Waals surface area contributed by atoms with Crippen LogP contribution in [-0.2, 0) is 18.2 Å². The summed E-state index contributed by atoms with van der Waals surface area (Å²) < 4.78 is 6.97. The molecule has 2 aromatic heterocycles. The summed E-state index contributed by atoms with van der Waals surface area (Å²) in [6.45, 7) is 5.79. The minimum Gasteiger partial charge on any atom is -0.444 e. The van der Waals surface area contributed by atoms with Crippen molar-refractivity contribution < 1.29 is 14.3 Å². The summed E-state index contributed by atoms with van der Waals surface area (Å²) in [5.41, 5.74) is 2.37. The van der Waals surface area contributed by atoms with Crippen molar-refractivity contribution in [2.24, 2.45) is 7.05 Å². The molecule has 1 aliphatic rings. The van der Waals surface area contributed by atoms with Gasteiger partial charge in [-0.3, -0.25) is 14.9 Å². The lowest BCUT2D eigenvalue weighted by Crippen LogP contribution is -2.40. The predicted molar refractivity (Wildman–Crippen MR) is 155 cm³/mol. The second-order valence-corrected chi connectivity index (χ2v) is 10.6. The van der Waals surface area contributed by atoms with Crippen LogP contribution in [0.15, 0.2) is 67.0 Å². The van der Waals surface area contributed by atoms with E-state index in [1.807, 2.05) is 30.3 Å². The highest BCUT2D eigenvalue weighted by molar-refractivity contribution is 6.32. The lowest BCUT2D eigenvalue weighted by Gasteiger charge is -2.28. The molecule has 0 fully saturated rings. The number of rotatable bonds is 5. The van der Waals surface area contributed by atoms with Crippen LogP contribution in [0.25, 0.3) is 0 Å². The van der Waals surface area contributed by atoms with Gasteiger partial charge in [-0.25, -0.2) is 19.5 Å². The van der Waals surface area contributed by atoms with Crippen LogP contribution in [0.2, 0.25) is 5.15 Å². The summed E-state index contributed by atoms with van der Waals surface area (Å²) in [7, 11) is 1.76. The zero-order chi connectivity index (χ0) is 28.4. The predicted octanol–water partition coefficient (Wildman–Crippen LogP) is 6.27. The number of hydrogen-bond acceptors (Lipinski definition) is 7. The number of urea groups is 1. The van der Waals surface area contributed by atoms with Gasteiger partial charge in [0.2, 0.25) is 5.95 Å². The normalized spacial score (nSPS) is 13.5. The minimum absolute atomic E-state index is 0.252. The Kier molecular flexibility index (Phi) is 7.31. The quantitative estimate of drug-likeness (QED) is 0.295. The number of anilines is 6. The maximum Gasteiger partial charge on any atom is 0.412 e. The summed E-state index contributed by atoms with van der Waals surface area (Å²) >= 11 is 6.23. The highest BCUT2D eigenvalue weighted by Crippen LogP contribution is 2.35. The van der Waals surface area contributed by atoms with Crippen LogP contribution in [-0.4, -0.2) is 44.0 Å². The molecule has 2 N–H and O–H groups in total. The number of para-hydroxylation sites is 1. The number of fused-ring (bicyclic) bond motifs is 1. The van der Waals surface area contributed by atoms with Crippen LogP contribution in [0.3, 0.4) is 0 Å². The van der Waals surface area contributed by atoms with E-state index in [1.54, 1.807) is 74.1 Å². The van der Waals surface area contributed by atoms with Gasteiger partial charge < -0.3 is 10.1 Å². The van der Waals surface area contributed by atoms with Crippen molar-refractivity contribution >= 4 is 58.2 Å². The Balaban J connectivity index is 1.56. The molecule has 0 saturated carbocycles. The summed E-state index contributed by atoms with van der Waals surface area (Å²) in [6.07, 6.45) is 3.34. The standard InChI is InChI=1S/C28H29ClN8O3/c1-28(2,3)40-26(38)31-19-9-8-12-21(15-19)37-24-18(13-14-36(27(37)39)20-10-6-5-7-11-20)16-30-25(33-24)32-22-17-35(4)34-23(22)29/h5-12,15-17H,13-14H2,1-4H3,(H,31,38)(H,30,32,33). The summed E-state index contributed by atoms with van der Waals surface area (Å²) in [6, 6.07) is 16.1. The van der Waals surface area contributed by atoms with Gasteiger partial charge in [-0.1, -0.05) is 35.9 Å². The summed E-state index contributed by atoms with van der Waals surface area (Å²) in [4.78, 5) is 39.1. The molecule has 5 rings (SSSR count). The fraction of sp³-hybridized carbons (Fsp3) is 0.250. The van der Waals surface area contributed by atoms with Crippen molar-refractivity contribution in [1.29, 1.82) is 0 Å². The van der Waals surface area contributed by atoms with Crippen LogP contribution in [0, 0.1) is 0 Å². The third-order valence-corrected chi connectivity index (χ3v) is 6.21. The van der Waals surface area contributed by atoms with Crippen molar-refractivity contribution in [2.75, 3.05) is 27.0 Å². The fourth-order valence-electron chi connectivity index (χ4n) is 4.26. The number of ether oxygens (including phenoxy) is 1. The lowest BCUT2D eigenvalue weighted by molar-refractivity contribution is 0.0636. The zero-order valence-corrected chi connectivity index (χ0v) is 23.3. The Morgan fingerprint density at radius 2 is 1.82 bits per heavy atom. The van der Waals surface area contributed by atoms with Crippen molar-refractivity contribution in [1.82, 2.24) is 19.7 Å². The van der Waals surface area contributed by atoms with Gasteiger partial charge in [0, 0.05) is 42.9 Å². The first-order valence-electron chi connectivity index (χ1n) is 12.7. The molecule has 0 radical (unpaired) electrons. The smallest absolute Gasteiger partial charge is 0.412 e. The molecule has 0 saturated heterocycles. The molecule has 0 atom stereocenters. The molecule has 206 valence electrons. The maximum absolute atomic E-state index is 14.2. The second kappa shape index (κ2) is 10.9. The Morgan fingerprint density at radius 1 is 1.07 bits per heavy atom. The van der Waals surface area contributed by atoms with Gasteiger partial charge in [0.15, 0.2) is 5.15 Å². The average molecular weight is 561 g/mol. The number of halogens is 1. The van der Waals surface area contributed by atoms with Crippen LogP contribution < -0.4 is 20.4 Å². The van der Waals surface area contributed by atoms with Crippen LogP contribution in [0.4, 0.5) is 44.1 Å². The largest absolute Gasteiger partial charge is 0.444 e. The molecule has 40 heavy (non-hydrogen) atoms. The van der Waals surface area contributed by atoms with Gasteiger partial charge in [0.25, 0.3) is 0 Å². The van der Waals surface area contributed by atoms with E-state index in [-0.39, 0.29) is 17.1 Å². The first kappa shape index (κ1) is 26.9. The maximum atomic E-state index is 14.2. The third-order valence-electron chi connectivity index (χ3n) is 5.93. The Bertz CT molecular complexity index is 1550. The number of aromatic nitrogens is 4. The van der Waals surface area contributed by atoms with Crippen molar-refractivity contribution in [3.05, 3.63) is 77.7 Å². The molecule has 0 unspecified atom stereocenters. The Labute approximate surface area is 236 Å². The number of benzene rings is 2. The average Bonchev–Trinajstić information content (AvgIpc) is 3.12. The van der Waals surface area contributed by atoms with Gasteiger partial charge in [-0.15, -0.1) is 0 Å². The number of carbonyl (C=O) groups excluding carboxylic acids is 2. The molecule has 11 nitrogen and oxygen atoms in total. The van der Waals surface area contributed by atoms with Crippen molar-refractivity contribution in [3.63, 3.8) is 0 Å². The first-order valence-corrected chi connectivity index (χ1v) is 13.0. The monoisotopic (exact) mass is 560 g/mol. The topological polar surface area (TPSA) is 118 Å². The summed E-state index contributed by atoms with van der Waals surface area (Å²) in [5.74, 6) is 0.665. The van der Waals surface area contributed by atoms with E-state index in [4.69, 9.17) is 21.3 Å². The number of amides is 3. The number of nitrogens with one attached hydrogen (secondary N) is 2. The molecule has 0 spiro atoms. The van der Waals surface area contributed by atoms with E-state index in [2.05, 4.69) is 20.7 Å². The number of aryl methyl sites for hydroxylation is 1. The Morgan fingerprint density at radius 3 is 2.52 bits per heavy atom. The highest BCUT2D eigenvalue weighted by Gasteiger charge is 2.32. The first-order chi connectivity index (χ1) is 19.1. The van der Waals surface area contributed by atoms with Crippen LogP contribution in [0.5, 0.6) is 0 Å².